The molecule has 9 heteroatoms. The van der Waals surface area contributed by atoms with Crippen molar-refractivity contribution in [2.24, 2.45) is 0 Å². The van der Waals surface area contributed by atoms with Gasteiger partial charge in [-0.25, -0.2) is 4.79 Å². The first-order chi connectivity index (χ1) is 16.5. The number of amides is 1. The molecule has 0 radical (unpaired) electrons. The Morgan fingerprint density at radius 2 is 1.62 bits per heavy atom. The molecule has 4 rings (SSSR count). The van der Waals surface area contributed by atoms with Gasteiger partial charge in [-0.15, -0.1) is 0 Å². The fourth-order valence-corrected chi connectivity index (χ4v) is 4.33. The number of ether oxygens (including phenoxy) is 2. The van der Waals surface area contributed by atoms with Crippen molar-refractivity contribution in [3.63, 3.8) is 0 Å². The van der Waals surface area contributed by atoms with Gasteiger partial charge in [0.2, 0.25) is 5.91 Å². The highest BCUT2D eigenvalue weighted by Gasteiger charge is 2.23. The van der Waals surface area contributed by atoms with Gasteiger partial charge in [0.25, 0.3) is 5.56 Å². The molecule has 1 aliphatic heterocycles. The van der Waals surface area contributed by atoms with E-state index in [1.807, 2.05) is 24.3 Å². The first-order valence-corrected chi connectivity index (χ1v) is 11.4. The zero-order valence-corrected chi connectivity index (χ0v) is 19.6. The summed E-state index contributed by atoms with van der Waals surface area (Å²) in [5.74, 6) is 0.669. The molecule has 0 spiro atoms. The number of anilines is 1. The largest absolute Gasteiger partial charge is 0.497 e. The Bertz CT molecular complexity index is 1260. The number of hydrogen-bond acceptors (Lipinski definition) is 6. The fourth-order valence-electron chi connectivity index (χ4n) is 4.33. The van der Waals surface area contributed by atoms with Crippen LogP contribution in [0.3, 0.4) is 0 Å². The van der Waals surface area contributed by atoms with Crippen LogP contribution in [-0.2, 0) is 22.6 Å². The summed E-state index contributed by atoms with van der Waals surface area (Å²) in [5.41, 5.74) is 0.752. The van der Waals surface area contributed by atoms with Crippen molar-refractivity contribution in [2.75, 3.05) is 51.9 Å². The van der Waals surface area contributed by atoms with Crippen LogP contribution in [0.5, 0.6) is 5.75 Å². The van der Waals surface area contributed by atoms with Gasteiger partial charge in [0, 0.05) is 52.1 Å². The van der Waals surface area contributed by atoms with Crippen molar-refractivity contribution in [2.45, 2.75) is 19.5 Å². The lowest BCUT2D eigenvalue weighted by Crippen LogP contribution is -2.50. The fraction of sp³-hybridized carbons (Fsp3) is 0.400. The number of carbonyl (C=O) groups is 1. The molecular formula is C25H30N4O5. The molecule has 34 heavy (non-hydrogen) atoms. The highest BCUT2D eigenvalue weighted by atomic mass is 16.5. The summed E-state index contributed by atoms with van der Waals surface area (Å²) in [6, 6.07) is 14.8. The summed E-state index contributed by atoms with van der Waals surface area (Å²) in [4.78, 5) is 43.3. The third-order valence-corrected chi connectivity index (χ3v) is 6.23. The molecule has 0 unspecified atom stereocenters. The van der Waals surface area contributed by atoms with E-state index in [0.29, 0.717) is 50.1 Å². The zero-order valence-electron chi connectivity index (χ0n) is 19.6. The summed E-state index contributed by atoms with van der Waals surface area (Å²) >= 11 is 0. The van der Waals surface area contributed by atoms with E-state index in [-0.39, 0.29) is 24.6 Å². The van der Waals surface area contributed by atoms with Crippen LogP contribution in [0.1, 0.15) is 6.42 Å². The minimum absolute atomic E-state index is 0.105. The third kappa shape index (κ3) is 4.84. The molecule has 0 atom stereocenters. The molecule has 1 amide bonds. The predicted octanol–water partition coefficient (Wildman–Crippen LogP) is 1.56. The second-order valence-corrected chi connectivity index (χ2v) is 8.25. The van der Waals surface area contributed by atoms with Crippen molar-refractivity contribution >= 4 is 22.5 Å². The van der Waals surface area contributed by atoms with Crippen LogP contribution in [0.2, 0.25) is 0 Å². The summed E-state index contributed by atoms with van der Waals surface area (Å²) in [6.45, 7) is 3.10. The van der Waals surface area contributed by atoms with Crippen molar-refractivity contribution in [3.8, 4) is 5.75 Å². The van der Waals surface area contributed by atoms with Crippen LogP contribution < -0.4 is 20.9 Å². The first-order valence-electron chi connectivity index (χ1n) is 11.4. The van der Waals surface area contributed by atoms with E-state index < -0.39 is 5.69 Å². The van der Waals surface area contributed by atoms with Gasteiger partial charge in [-0.1, -0.05) is 12.1 Å². The molecule has 9 nitrogen and oxygen atoms in total. The van der Waals surface area contributed by atoms with Crippen LogP contribution in [0.25, 0.3) is 10.9 Å². The zero-order chi connectivity index (χ0) is 24.1. The van der Waals surface area contributed by atoms with E-state index in [1.54, 1.807) is 43.4 Å². The number of para-hydroxylation sites is 1. The number of benzene rings is 2. The predicted molar refractivity (Wildman–Crippen MR) is 131 cm³/mol. The lowest BCUT2D eigenvalue weighted by atomic mass is 10.2. The number of carbonyl (C=O) groups excluding carboxylic acids is 1. The smallest absolute Gasteiger partial charge is 0.331 e. The van der Waals surface area contributed by atoms with E-state index in [0.717, 1.165) is 11.4 Å². The lowest BCUT2D eigenvalue weighted by molar-refractivity contribution is -0.132. The monoisotopic (exact) mass is 466 g/mol. The van der Waals surface area contributed by atoms with Crippen molar-refractivity contribution in [1.29, 1.82) is 0 Å². The highest BCUT2D eigenvalue weighted by Crippen LogP contribution is 2.20. The molecule has 1 saturated heterocycles. The molecular weight excluding hydrogens is 436 g/mol. The molecule has 3 aromatic rings. The Morgan fingerprint density at radius 3 is 2.29 bits per heavy atom. The molecule has 0 bridgehead atoms. The van der Waals surface area contributed by atoms with E-state index in [9.17, 15) is 14.4 Å². The van der Waals surface area contributed by atoms with E-state index in [4.69, 9.17) is 9.47 Å². The number of fused-ring (bicyclic) bond motifs is 1. The van der Waals surface area contributed by atoms with E-state index in [2.05, 4.69) is 4.90 Å². The van der Waals surface area contributed by atoms with Crippen molar-refractivity contribution < 1.29 is 14.3 Å². The van der Waals surface area contributed by atoms with Gasteiger partial charge in [0.15, 0.2) is 0 Å². The van der Waals surface area contributed by atoms with Gasteiger partial charge in [0.1, 0.15) is 12.3 Å². The second kappa shape index (κ2) is 10.6. The van der Waals surface area contributed by atoms with Crippen LogP contribution in [0.4, 0.5) is 5.69 Å². The Morgan fingerprint density at radius 1 is 0.912 bits per heavy atom. The van der Waals surface area contributed by atoms with E-state index in [1.165, 1.54) is 9.13 Å². The Balaban J connectivity index is 1.51. The topological polar surface area (TPSA) is 86.0 Å². The number of aromatic nitrogens is 2. The Kier molecular flexibility index (Phi) is 7.32. The standard InChI is InChI=1S/C25H30N4O5/c1-33-17-5-12-28-24(31)21-6-3-4-7-22(21)29(25(28)32)18-23(30)27-15-13-26(14-16-27)19-8-10-20(34-2)11-9-19/h3-4,6-11H,5,12-18H2,1-2H3. The lowest BCUT2D eigenvalue weighted by Gasteiger charge is -2.36. The Hall–Kier alpha value is -3.59. The second-order valence-electron chi connectivity index (χ2n) is 8.25. The summed E-state index contributed by atoms with van der Waals surface area (Å²) < 4.78 is 12.9. The maximum Gasteiger partial charge on any atom is 0.331 e. The normalized spacial score (nSPS) is 13.9. The SMILES string of the molecule is COCCCn1c(=O)c2ccccc2n(CC(=O)N2CCN(c3ccc(OC)cc3)CC2)c1=O. The van der Waals surface area contributed by atoms with Crippen LogP contribution in [0, 0.1) is 0 Å². The number of piperazine rings is 1. The summed E-state index contributed by atoms with van der Waals surface area (Å²) in [5, 5.41) is 0.427. The van der Waals surface area contributed by atoms with E-state index >= 15 is 0 Å². The van der Waals surface area contributed by atoms with Crippen LogP contribution >= 0.6 is 0 Å². The van der Waals surface area contributed by atoms with Crippen molar-refractivity contribution in [1.82, 2.24) is 14.0 Å². The average Bonchev–Trinajstić information content (AvgIpc) is 2.88. The summed E-state index contributed by atoms with van der Waals surface area (Å²) in [7, 11) is 3.22. The number of hydrogen-bond donors (Lipinski definition) is 0. The third-order valence-electron chi connectivity index (χ3n) is 6.23. The average molecular weight is 467 g/mol. The molecule has 2 aromatic carbocycles. The quantitative estimate of drug-likeness (QED) is 0.469. The van der Waals surface area contributed by atoms with Gasteiger partial charge in [-0.3, -0.25) is 18.7 Å². The van der Waals surface area contributed by atoms with Gasteiger partial charge >= 0.3 is 5.69 Å². The maximum absolute atomic E-state index is 13.2. The minimum atomic E-state index is -0.468. The molecule has 1 aliphatic rings. The molecule has 0 aliphatic carbocycles. The molecule has 2 heterocycles. The van der Waals surface area contributed by atoms with Gasteiger partial charge < -0.3 is 19.3 Å². The molecule has 1 fully saturated rings. The maximum atomic E-state index is 13.2. The van der Waals surface area contributed by atoms with Gasteiger partial charge in [-0.2, -0.15) is 0 Å². The van der Waals surface area contributed by atoms with Crippen LogP contribution in [-0.4, -0.2) is 66.9 Å². The Labute approximate surface area is 197 Å². The molecule has 0 N–H and O–H groups in total. The summed E-state index contributed by atoms with van der Waals surface area (Å²) in [6.07, 6.45) is 0.533. The van der Waals surface area contributed by atoms with Crippen LogP contribution in [0.15, 0.2) is 58.1 Å². The number of nitrogens with zero attached hydrogens (tertiary/aromatic N) is 4. The van der Waals surface area contributed by atoms with Gasteiger partial charge in [0.05, 0.1) is 18.0 Å². The van der Waals surface area contributed by atoms with Gasteiger partial charge in [-0.05, 0) is 42.8 Å². The highest BCUT2D eigenvalue weighted by molar-refractivity contribution is 5.82. The molecule has 1 aromatic heterocycles. The molecule has 180 valence electrons. The number of methoxy groups -OCH3 is 2. The first kappa shape index (κ1) is 23.6. The molecule has 0 saturated carbocycles. The van der Waals surface area contributed by atoms with Crippen molar-refractivity contribution in [3.05, 3.63) is 69.4 Å². The number of rotatable bonds is 8. The minimum Gasteiger partial charge on any atom is -0.497 e.